The summed E-state index contributed by atoms with van der Waals surface area (Å²) in [6.07, 6.45) is 10.4. The first-order valence-corrected chi connectivity index (χ1v) is 5.22. The van der Waals surface area contributed by atoms with Crippen LogP contribution >= 0.6 is 0 Å². The van der Waals surface area contributed by atoms with Gasteiger partial charge in [-0.05, 0) is 43.4 Å². The Hall–Kier alpha value is 0. The van der Waals surface area contributed by atoms with Crippen LogP contribution in [-0.4, -0.2) is 0 Å². The summed E-state index contributed by atoms with van der Waals surface area (Å²) < 4.78 is 0. The summed E-state index contributed by atoms with van der Waals surface area (Å²) in [5.74, 6) is 3.98. The minimum Gasteiger partial charge on any atom is -0.0617 e. The van der Waals surface area contributed by atoms with Gasteiger partial charge in [-0.15, -0.1) is 0 Å². The summed E-state index contributed by atoms with van der Waals surface area (Å²) in [6, 6.07) is 0. The highest BCUT2D eigenvalue weighted by atomic mass is 14.4. The van der Waals surface area contributed by atoms with Crippen LogP contribution in [0.4, 0.5) is 0 Å². The van der Waals surface area contributed by atoms with E-state index in [-0.39, 0.29) is 0 Å². The molecule has 2 aliphatic carbocycles. The van der Waals surface area contributed by atoms with E-state index >= 15 is 0 Å². The van der Waals surface area contributed by atoms with Crippen molar-refractivity contribution in [2.75, 3.05) is 0 Å². The molecule has 2 aliphatic rings. The number of hydrogen-bond donors (Lipinski definition) is 0. The topological polar surface area (TPSA) is 0 Å². The first kappa shape index (κ1) is 7.64. The summed E-state index contributed by atoms with van der Waals surface area (Å²) in [5.41, 5.74) is 0. The van der Waals surface area contributed by atoms with Crippen molar-refractivity contribution in [1.29, 1.82) is 0 Å². The predicted octanol–water partition coefficient (Wildman–Crippen LogP) is 3.57. The van der Waals surface area contributed by atoms with E-state index in [2.05, 4.69) is 6.92 Å². The molecule has 0 amide bonds. The largest absolute Gasteiger partial charge is 0.0617 e. The quantitative estimate of drug-likeness (QED) is 0.566. The molecule has 0 heteroatoms. The van der Waals surface area contributed by atoms with Crippen molar-refractivity contribution < 1.29 is 0 Å². The fraction of sp³-hybridized carbons (Fsp3) is 0.909. The highest BCUT2D eigenvalue weighted by Gasteiger charge is 2.33. The highest BCUT2D eigenvalue weighted by Crippen LogP contribution is 2.45. The maximum atomic E-state index is 2.46. The third kappa shape index (κ3) is 1.77. The summed E-state index contributed by atoms with van der Waals surface area (Å²) in [4.78, 5) is 0. The zero-order valence-corrected chi connectivity index (χ0v) is 7.60. The molecule has 0 bridgehead atoms. The van der Waals surface area contributed by atoms with Crippen molar-refractivity contribution in [2.24, 2.45) is 11.8 Å². The van der Waals surface area contributed by atoms with Gasteiger partial charge in [0.2, 0.25) is 0 Å². The molecule has 63 valence electrons. The lowest BCUT2D eigenvalue weighted by atomic mass is 9.79. The first-order chi connectivity index (χ1) is 5.38. The van der Waals surface area contributed by atoms with Crippen LogP contribution in [0, 0.1) is 17.8 Å². The molecule has 0 spiro atoms. The second-order valence-corrected chi connectivity index (χ2v) is 4.35. The van der Waals surface area contributed by atoms with Gasteiger partial charge < -0.3 is 0 Å². The van der Waals surface area contributed by atoms with Crippen LogP contribution in [0.2, 0.25) is 0 Å². The van der Waals surface area contributed by atoms with E-state index in [1.165, 1.54) is 44.9 Å². The summed E-state index contributed by atoms with van der Waals surface area (Å²) in [6.45, 7) is 2.46. The SMILES string of the molecule is CC([C]1CCCCC1)C1CC1. The first-order valence-electron chi connectivity index (χ1n) is 5.22. The lowest BCUT2D eigenvalue weighted by Crippen LogP contribution is -2.14. The van der Waals surface area contributed by atoms with E-state index in [0.29, 0.717) is 0 Å². The Morgan fingerprint density at radius 1 is 1.09 bits per heavy atom. The third-order valence-electron chi connectivity index (χ3n) is 3.47. The van der Waals surface area contributed by atoms with Gasteiger partial charge >= 0.3 is 0 Å². The number of rotatable bonds is 2. The summed E-state index contributed by atoms with van der Waals surface area (Å²) in [5, 5.41) is 0. The smallest absolute Gasteiger partial charge is 0.0210 e. The Labute approximate surface area is 70.4 Å². The highest BCUT2D eigenvalue weighted by molar-refractivity contribution is 5.02. The monoisotopic (exact) mass is 151 g/mol. The van der Waals surface area contributed by atoms with Crippen molar-refractivity contribution in [3.8, 4) is 0 Å². The van der Waals surface area contributed by atoms with Crippen LogP contribution in [0.15, 0.2) is 0 Å². The van der Waals surface area contributed by atoms with Crippen LogP contribution in [0.25, 0.3) is 0 Å². The van der Waals surface area contributed by atoms with Gasteiger partial charge in [-0.3, -0.25) is 0 Å². The van der Waals surface area contributed by atoms with Gasteiger partial charge in [-0.2, -0.15) is 0 Å². The maximum absolute atomic E-state index is 2.46. The fourth-order valence-corrected chi connectivity index (χ4v) is 2.39. The van der Waals surface area contributed by atoms with Crippen LogP contribution in [0.5, 0.6) is 0 Å². The van der Waals surface area contributed by atoms with Crippen LogP contribution < -0.4 is 0 Å². The molecular formula is C11H19. The Morgan fingerprint density at radius 2 is 1.73 bits per heavy atom. The summed E-state index contributed by atoms with van der Waals surface area (Å²) in [7, 11) is 0. The second kappa shape index (κ2) is 3.16. The molecule has 1 radical (unpaired) electrons. The molecule has 0 heterocycles. The van der Waals surface area contributed by atoms with E-state index in [0.717, 1.165) is 11.8 Å². The molecule has 0 aromatic rings. The average Bonchev–Trinajstić information content (AvgIpc) is 2.87. The standard InChI is InChI=1S/C11H19/c1-9(11-7-8-11)10-5-3-2-4-6-10/h9,11H,2-8H2,1H3. The number of hydrogen-bond acceptors (Lipinski definition) is 0. The lowest BCUT2D eigenvalue weighted by molar-refractivity contribution is 0.406. The zero-order valence-electron chi connectivity index (χ0n) is 7.60. The average molecular weight is 151 g/mol. The Bertz CT molecular complexity index is 118. The van der Waals surface area contributed by atoms with Crippen LogP contribution in [0.3, 0.4) is 0 Å². The van der Waals surface area contributed by atoms with Crippen LogP contribution in [-0.2, 0) is 0 Å². The van der Waals surface area contributed by atoms with E-state index < -0.39 is 0 Å². The minimum atomic E-state index is 0.982. The Kier molecular flexibility index (Phi) is 2.20. The molecule has 0 nitrogen and oxygen atoms in total. The molecule has 0 saturated heterocycles. The van der Waals surface area contributed by atoms with E-state index in [9.17, 15) is 0 Å². The van der Waals surface area contributed by atoms with E-state index in [4.69, 9.17) is 0 Å². The van der Waals surface area contributed by atoms with Crippen molar-refractivity contribution in [2.45, 2.75) is 51.9 Å². The van der Waals surface area contributed by atoms with Crippen molar-refractivity contribution in [3.63, 3.8) is 0 Å². The molecular weight excluding hydrogens is 132 g/mol. The van der Waals surface area contributed by atoms with E-state index in [1.807, 2.05) is 5.92 Å². The van der Waals surface area contributed by atoms with Crippen molar-refractivity contribution in [1.82, 2.24) is 0 Å². The molecule has 11 heavy (non-hydrogen) atoms. The summed E-state index contributed by atoms with van der Waals surface area (Å²) >= 11 is 0. The van der Waals surface area contributed by atoms with Gasteiger partial charge in [-0.25, -0.2) is 0 Å². The van der Waals surface area contributed by atoms with E-state index in [1.54, 1.807) is 0 Å². The predicted molar refractivity (Wildman–Crippen MR) is 48.2 cm³/mol. The normalized spacial score (nSPS) is 30.3. The molecule has 0 aliphatic heterocycles. The molecule has 2 fully saturated rings. The molecule has 2 saturated carbocycles. The van der Waals surface area contributed by atoms with Gasteiger partial charge in [-0.1, -0.05) is 26.2 Å². The van der Waals surface area contributed by atoms with Crippen LogP contribution in [0.1, 0.15) is 51.9 Å². The molecule has 0 aromatic carbocycles. The Morgan fingerprint density at radius 3 is 2.27 bits per heavy atom. The van der Waals surface area contributed by atoms with Gasteiger partial charge in [0, 0.05) is 0 Å². The molecule has 0 N–H and O–H groups in total. The van der Waals surface area contributed by atoms with Gasteiger partial charge in [0.25, 0.3) is 0 Å². The molecule has 1 unspecified atom stereocenters. The Balaban J connectivity index is 1.81. The van der Waals surface area contributed by atoms with Gasteiger partial charge in [0.15, 0.2) is 0 Å². The molecule has 2 rings (SSSR count). The lowest BCUT2D eigenvalue weighted by Gasteiger charge is -2.26. The molecule has 0 aromatic heterocycles. The third-order valence-corrected chi connectivity index (χ3v) is 3.47. The molecule has 1 atom stereocenters. The zero-order chi connectivity index (χ0) is 7.68. The van der Waals surface area contributed by atoms with Crippen molar-refractivity contribution in [3.05, 3.63) is 5.92 Å². The minimum absolute atomic E-state index is 0.982. The van der Waals surface area contributed by atoms with Crippen molar-refractivity contribution >= 4 is 0 Å². The maximum Gasteiger partial charge on any atom is -0.0210 e. The van der Waals surface area contributed by atoms with Gasteiger partial charge in [0.1, 0.15) is 0 Å². The second-order valence-electron chi connectivity index (χ2n) is 4.35. The van der Waals surface area contributed by atoms with Gasteiger partial charge in [0.05, 0.1) is 0 Å². The fourth-order valence-electron chi connectivity index (χ4n) is 2.39.